The zero-order chi connectivity index (χ0) is 19.1. The lowest BCUT2D eigenvalue weighted by Crippen LogP contribution is -2.42. The van der Waals surface area contributed by atoms with E-state index in [1.807, 2.05) is 0 Å². The fourth-order valence-electron chi connectivity index (χ4n) is 1.33. The molecule has 8 nitrogen and oxygen atoms in total. The van der Waals surface area contributed by atoms with Crippen LogP contribution in [0.2, 0.25) is 0 Å². The lowest BCUT2D eigenvalue weighted by molar-refractivity contribution is -0.146. The van der Waals surface area contributed by atoms with Crippen LogP contribution in [0.4, 0.5) is 0 Å². The largest absolute Gasteiger partial charge is 0.464 e. The van der Waals surface area contributed by atoms with Gasteiger partial charge in [-0.1, -0.05) is 0 Å². The molecule has 0 aliphatic heterocycles. The lowest BCUT2D eigenvalue weighted by Gasteiger charge is -2.12. The predicted octanol–water partition coefficient (Wildman–Crippen LogP) is -0.0320. The summed E-state index contributed by atoms with van der Waals surface area (Å²) in [5.41, 5.74) is 0. The first-order chi connectivity index (χ1) is 11.2. The summed E-state index contributed by atoms with van der Waals surface area (Å²) in [5.74, 6) is -0.911. The molecule has 0 bridgehead atoms. The fourth-order valence-corrected chi connectivity index (χ4v) is 1.82. The molecular formula is C14H26N2O6S2. The van der Waals surface area contributed by atoms with Crippen LogP contribution in [0.15, 0.2) is 0 Å². The molecule has 2 atom stereocenters. The number of hydrogen-bond acceptors (Lipinski definition) is 8. The highest BCUT2D eigenvalue weighted by Crippen LogP contribution is 1.93. The van der Waals surface area contributed by atoms with Gasteiger partial charge < -0.3 is 20.1 Å². The minimum atomic E-state index is -0.634. The Labute approximate surface area is 153 Å². The zero-order valence-electron chi connectivity index (χ0n) is 14.3. The number of carbonyl (C=O) groups excluding carboxylic acids is 4. The van der Waals surface area contributed by atoms with Gasteiger partial charge in [0.2, 0.25) is 11.8 Å². The van der Waals surface area contributed by atoms with Gasteiger partial charge in [-0.15, -0.1) is 0 Å². The van der Waals surface area contributed by atoms with Gasteiger partial charge in [0.05, 0.1) is 13.2 Å². The van der Waals surface area contributed by atoms with Crippen molar-refractivity contribution in [3.8, 4) is 0 Å². The maximum atomic E-state index is 11.0. The van der Waals surface area contributed by atoms with Crippen LogP contribution in [0.3, 0.4) is 0 Å². The van der Waals surface area contributed by atoms with Gasteiger partial charge >= 0.3 is 11.9 Å². The van der Waals surface area contributed by atoms with Gasteiger partial charge in [0.25, 0.3) is 0 Å². The van der Waals surface area contributed by atoms with Gasteiger partial charge in [-0.25, -0.2) is 9.59 Å². The average Bonchev–Trinajstić information content (AvgIpc) is 2.50. The zero-order valence-corrected chi connectivity index (χ0v) is 16.1. The van der Waals surface area contributed by atoms with Crippen LogP contribution in [0, 0.1) is 0 Å². The molecule has 2 amide bonds. The van der Waals surface area contributed by atoms with Crippen LogP contribution in [0.25, 0.3) is 0 Å². The summed E-state index contributed by atoms with van der Waals surface area (Å²) in [4.78, 5) is 43.2. The van der Waals surface area contributed by atoms with Gasteiger partial charge in [-0.2, -0.15) is 25.3 Å². The lowest BCUT2D eigenvalue weighted by atomic mass is 10.3. The van der Waals surface area contributed by atoms with E-state index < -0.39 is 24.0 Å². The monoisotopic (exact) mass is 382 g/mol. The van der Waals surface area contributed by atoms with Crippen LogP contribution >= 0.6 is 25.3 Å². The van der Waals surface area contributed by atoms with Gasteiger partial charge in [0.1, 0.15) is 12.1 Å². The van der Waals surface area contributed by atoms with Crippen molar-refractivity contribution in [3.63, 3.8) is 0 Å². The van der Waals surface area contributed by atoms with Crippen molar-refractivity contribution in [1.82, 2.24) is 10.6 Å². The molecule has 0 aliphatic carbocycles. The average molecular weight is 383 g/mol. The van der Waals surface area contributed by atoms with E-state index in [0.29, 0.717) is 13.2 Å². The number of amides is 2. The van der Waals surface area contributed by atoms with Gasteiger partial charge in [0, 0.05) is 25.4 Å². The number of nitrogens with one attached hydrogen (secondary N) is 2. The molecule has 0 saturated heterocycles. The van der Waals surface area contributed by atoms with Crippen molar-refractivity contribution in [2.24, 2.45) is 0 Å². The maximum absolute atomic E-state index is 11.0. The Kier molecular flexibility index (Phi) is 15.6. The summed E-state index contributed by atoms with van der Waals surface area (Å²) < 4.78 is 9.39. The molecule has 0 aromatic rings. The van der Waals surface area contributed by atoms with E-state index in [1.54, 1.807) is 13.8 Å². The van der Waals surface area contributed by atoms with Crippen molar-refractivity contribution in [2.75, 3.05) is 24.7 Å². The summed E-state index contributed by atoms with van der Waals surface area (Å²) in [6, 6.07) is -1.27. The summed E-state index contributed by atoms with van der Waals surface area (Å²) in [6.45, 7) is 6.72. The summed E-state index contributed by atoms with van der Waals surface area (Å²) in [5, 5.41) is 4.85. The van der Waals surface area contributed by atoms with Crippen LogP contribution in [-0.4, -0.2) is 60.6 Å². The van der Waals surface area contributed by atoms with E-state index >= 15 is 0 Å². The number of hydrogen-bond donors (Lipinski definition) is 4. The second-order valence-electron chi connectivity index (χ2n) is 4.38. The Balaban J connectivity index is 0. The molecule has 0 heterocycles. The molecule has 0 aromatic carbocycles. The van der Waals surface area contributed by atoms with Crippen LogP contribution in [-0.2, 0) is 28.7 Å². The third-order valence-electron chi connectivity index (χ3n) is 2.26. The molecule has 1 unspecified atom stereocenters. The Hall–Kier alpha value is -1.42. The second kappa shape index (κ2) is 15.1. The highest BCUT2D eigenvalue weighted by atomic mass is 32.1. The van der Waals surface area contributed by atoms with Crippen LogP contribution in [0.5, 0.6) is 0 Å². The van der Waals surface area contributed by atoms with E-state index in [9.17, 15) is 19.2 Å². The highest BCUT2D eigenvalue weighted by Gasteiger charge is 2.18. The predicted molar refractivity (Wildman–Crippen MR) is 96.2 cm³/mol. The quantitative estimate of drug-likeness (QED) is 0.347. The number of thiol groups is 2. The third-order valence-corrected chi connectivity index (χ3v) is 2.99. The topological polar surface area (TPSA) is 111 Å². The molecule has 0 aliphatic rings. The third kappa shape index (κ3) is 13.1. The van der Waals surface area contributed by atoms with Crippen molar-refractivity contribution in [3.05, 3.63) is 0 Å². The van der Waals surface area contributed by atoms with E-state index in [0.717, 1.165) is 0 Å². The highest BCUT2D eigenvalue weighted by molar-refractivity contribution is 7.80. The minimum Gasteiger partial charge on any atom is -0.464 e. The van der Waals surface area contributed by atoms with E-state index in [1.165, 1.54) is 13.8 Å². The summed E-state index contributed by atoms with van der Waals surface area (Å²) in [6.07, 6.45) is 0. The first kappa shape index (κ1) is 24.8. The number of rotatable bonds is 8. The molecule has 24 heavy (non-hydrogen) atoms. The Morgan fingerprint density at radius 2 is 1.08 bits per heavy atom. The van der Waals surface area contributed by atoms with Gasteiger partial charge in [-0.05, 0) is 13.8 Å². The number of ether oxygens (including phenoxy) is 2. The Morgan fingerprint density at radius 3 is 1.25 bits per heavy atom. The number of carbonyl (C=O) groups is 4. The van der Waals surface area contributed by atoms with Gasteiger partial charge in [0.15, 0.2) is 0 Å². The molecule has 10 heteroatoms. The Bertz CT molecular complexity index is 382. The molecule has 0 fully saturated rings. The SMILES string of the molecule is CCOC(=O)C(CS)NC(C)=O.CCOC(=O)[C@H](CS)NC(C)=O. The first-order valence-electron chi connectivity index (χ1n) is 7.32. The first-order valence-corrected chi connectivity index (χ1v) is 8.58. The normalized spacial score (nSPS) is 11.9. The summed E-state index contributed by atoms with van der Waals surface area (Å²) >= 11 is 7.81. The fraction of sp³-hybridized carbons (Fsp3) is 0.714. The van der Waals surface area contributed by atoms with Crippen LogP contribution in [0.1, 0.15) is 27.7 Å². The minimum absolute atomic E-state index is 0.248. The maximum Gasteiger partial charge on any atom is 0.329 e. The molecule has 0 rings (SSSR count). The van der Waals surface area contributed by atoms with Crippen LogP contribution < -0.4 is 10.6 Å². The molecule has 0 radical (unpaired) electrons. The molecular weight excluding hydrogens is 356 g/mol. The standard InChI is InChI=1S/2C7H13NO3S/c2*1-3-11-7(10)6(4-12)8-5(2)9/h2*6,12H,3-4H2,1-2H3,(H,8,9)/t6-;/m0./s1. The summed E-state index contributed by atoms with van der Waals surface area (Å²) in [7, 11) is 0. The van der Waals surface area contributed by atoms with E-state index in [4.69, 9.17) is 9.47 Å². The van der Waals surface area contributed by atoms with E-state index in [-0.39, 0.29) is 23.3 Å². The van der Waals surface area contributed by atoms with Crippen molar-refractivity contribution in [2.45, 2.75) is 39.8 Å². The van der Waals surface area contributed by atoms with Gasteiger partial charge in [-0.3, -0.25) is 9.59 Å². The Morgan fingerprint density at radius 1 is 0.792 bits per heavy atom. The molecule has 0 aromatic heterocycles. The second-order valence-corrected chi connectivity index (χ2v) is 5.11. The van der Waals surface area contributed by atoms with Crippen molar-refractivity contribution >= 4 is 49.0 Å². The van der Waals surface area contributed by atoms with Crippen molar-refractivity contribution in [1.29, 1.82) is 0 Å². The molecule has 0 spiro atoms. The number of esters is 2. The molecule has 140 valence electrons. The molecule has 2 N–H and O–H groups in total. The van der Waals surface area contributed by atoms with Crippen molar-refractivity contribution < 1.29 is 28.7 Å². The smallest absolute Gasteiger partial charge is 0.329 e. The van der Waals surface area contributed by atoms with E-state index in [2.05, 4.69) is 35.9 Å². The molecule has 0 saturated carbocycles.